The molecule has 2 fully saturated rings. The predicted octanol–water partition coefficient (Wildman–Crippen LogP) is 3.47. The normalized spacial score (nSPS) is 21.9. The summed E-state index contributed by atoms with van der Waals surface area (Å²) in [5, 5.41) is 43.8. The van der Waals surface area contributed by atoms with Crippen LogP contribution in [0.15, 0.2) is 18.3 Å². The Kier molecular flexibility index (Phi) is 9.94. The van der Waals surface area contributed by atoms with Crippen molar-refractivity contribution in [2.45, 2.75) is 51.1 Å². The lowest BCUT2D eigenvalue weighted by Gasteiger charge is -2.45. The van der Waals surface area contributed by atoms with E-state index < -0.39 is 29.9 Å². The number of anilines is 4. The van der Waals surface area contributed by atoms with Gasteiger partial charge in [-0.15, -0.1) is 5.10 Å². The van der Waals surface area contributed by atoms with E-state index >= 15 is 0 Å². The fourth-order valence-corrected chi connectivity index (χ4v) is 6.88. The number of alkyl carbamates (subject to hydrolysis) is 1. The number of amides is 1. The lowest BCUT2D eigenvalue weighted by molar-refractivity contribution is -0.147. The minimum absolute atomic E-state index is 0.0507. The monoisotopic (exact) mass is 649 g/mol. The van der Waals surface area contributed by atoms with E-state index in [4.69, 9.17) is 22.1 Å². The number of hydrogen-bond donors (Lipinski definition) is 5. The van der Waals surface area contributed by atoms with Crippen LogP contribution in [0.4, 0.5) is 27.9 Å². The van der Waals surface area contributed by atoms with Crippen LogP contribution in [-0.2, 0) is 9.53 Å². The summed E-state index contributed by atoms with van der Waals surface area (Å²) in [7, 11) is 1.27. The molecule has 1 aliphatic carbocycles. The minimum Gasteiger partial charge on any atom is -0.481 e. The number of aromatic nitrogens is 4. The molecule has 2 aromatic heterocycles. The van der Waals surface area contributed by atoms with Gasteiger partial charge in [-0.3, -0.25) is 4.79 Å². The topological polar surface area (TPSA) is 220 Å². The molecule has 3 aromatic rings. The number of halogens is 1. The van der Waals surface area contributed by atoms with Gasteiger partial charge in [0.2, 0.25) is 5.95 Å². The number of fused-ring (bicyclic) bond motifs is 1. The van der Waals surface area contributed by atoms with Gasteiger partial charge in [0.15, 0.2) is 17.2 Å². The van der Waals surface area contributed by atoms with Crippen LogP contribution in [0.3, 0.4) is 0 Å². The van der Waals surface area contributed by atoms with E-state index in [2.05, 4.69) is 43.2 Å². The van der Waals surface area contributed by atoms with Crippen LogP contribution in [0.25, 0.3) is 5.65 Å². The van der Waals surface area contributed by atoms with E-state index in [1.165, 1.54) is 17.8 Å². The lowest BCUT2D eigenvalue weighted by atomic mass is 9.69. The number of piperidine rings is 1. The summed E-state index contributed by atoms with van der Waals surface area (Å²) in [6.45, 7) is 3.13. The largest absolute Gasteiger partial charge is 0.481 e. The quantitative estimate of drug-likeness (QED) is 0.224. The van der Waals surface area contributed by atoms with E-state index in [-0.39, 0.29) is 35.2 Å². The molecule has 242 valence electrons. The number of carbonyl (C=O) groups excluding carboxylic acids is 1. The zero-order chi connectivity index (χ0) is 33.0. The first kappa shape index (κ1) is 32.5. The summed E-state index contributed by atoms with van der Waals surface area (Å²) in [4.78, 5) is 35.8. The number of nitriles is 2. The molecule has 1 amide bonds. The Morgan fingerprint density at radius 2 is 1.98 bits per heavy atom. The summed E-state index contributed by atoms with van der Waals surface area (Å²) in [6, 6.07) is 7.05. The Morgan fingerprint density at radius 3 is 2.63 bits per heavy atom. The molecule has 3 atom stereocenters. The molecule has 3 heterocycles. The smallest absolute Gasteiger partial charge is 0.407 e. The molecule has 46 heavy (non-hydrogen) atoms. The molecule has 0 spiro atoms. The van der Waals surface area contributed by atoms with E-state index in [0.717, 1.165) is 12.8 Å². The third-order valence-electron chi connectivity index (χ3n) is 8.81. The molecular weight excluding hydrogens is 614 g/mol. The molecule has 1 saturated heterocycles. The zero-order valence-corrected chi connectivity index (χ0v) is 26.3. The maximum absolute atomic E-state index is 12.8. The molecule has 0 radical (unpaired) electrons. The summed E-state index contributed by atoms with van der Waals surface area (Å²) in [5.74, 6) is -1.75. The zero-order valence-electron chi connectivity index (χ0n) is 25.5. The van der Waals surface area contributed by atoms with Gasteiger partial charge in [-0.25, -0.2) is 9.78 Å². The SMILES string of the molecule is CCNc1nc(Nc2cc(C#N)cc(N3CC[C@@H](NC(=O)OC)[C@H](C(C(=O)O)C4CCC(N)CC4)C3)c2Cl)nn2c(C#N)cnc12. The number of carboxylic acids is 1. The molecule has 0 bridgehead atoms. The molecule has 16 heteroatoms. The van der Waals surface area contributed by atoms with Gasteiger partial charge in [0, 0.05) is 37.6 Å². The first-order valence-corrected chi connectivity index (χ1v) is 15.5. The average molecular weight is 650 g/mol. The number of hydrogen-bond acceptors (Lipinski definition) is 12. The van der Waals surface area contributed by atoms with Crippen LogP contribution in [-0.4, -0.2) is 75.6 Å². The number of nitrogens with one attached hydrogen (secondary N) is 3. The highest BCUT2D eigenvalue weighted by Gasteiger charge is 2.44. The number of benzene rings is 1. The van der Waals surface area contributed by atoms with Crippen molar-refractivity contribution in [1.82, 2.24) is 24.9 Å². The van der Waals surface area contributed by atoms with Gasteiger partial charge in [0.25, 0.3) is 0 Å². The Bertz CT molecular complexity index is 1690. The Balaban J connectivity index is 1.50. The van der Waals surface area contributed by atoms with Crippen molar-refractivity contribution in [1.29, 1.82) is 10.5 Å². The third-order valence-corrected chi connectivity index (χ3v) is 9.21. The van der Waals surface area contributed by atoms with Crippen molar-refractivity contribution in [2.75, 3.05) is 42.3 Å². The lowest BCUT2D eigenvalue weighted by Crippen LogP contribution is -2.56. The molecule has 1 unspecified atom stereocenters. The van der Waals surface area contributed by atoms with Crippen LogP contribution in [0, 0.1) is 40.4 Å². The van der Waals surface area contributed by atoms with Crippen molar-refractivity contribution in [2.24, 2.45) is 23.5 Å². The number of rotatable bonds is 9. The Hall–Kier alpha value is -4.86. The number of carboxylic acid groups (broad SMARTS) is 1. The number of imidazole rings is 1. The van der Waals surface area contributed by atoms with Gasteiger partial charge >= 0.3 is 12.1 Å². The highest BCUT2D eigenvalue weighted by atomic mass is 35.5. The first-order valence-electron chi connectivity index (χ1n) is 15.2. The fraction of sp³-hybridized carbons (Fsp3) is 0.500. The fourth-order valence-electron chi connectivity index (χ4n) is 6.60. The number of nitrogens with zero attached hydrogens (tertiary/aromatic N) is 7. The van der Waals surface area contributed by atoms with Crippen molar-refractivity contribution in [3.63, 3.8) is 0 Å². The molecular formula is C30H36ClN11O4. The van der Waals surface area contributed by atoms with Crippen LogP contribution in [0.5, 0.6) is 0 Å². The number of methoxy groups -OCH3 is 1. The van der Waals surface area contributed by atoms with E-state index in [0.29, 0.717) is 60.8 Å². The number of carbonyl (C=O) groups is 2. The number of ether oxygens (including phenoxy) is 1. The Morgan fingerprint density at radius 1 is 1.22 bits per heavy atom. The maximum atomic E-state index is 12.8. The van der Waals surface area contributed by atoms with Crippen molar-refractivity contribution < 1.29 is 19.4 Å². The van der Waals surface area contributed by atoms with Gasteiger partial charge in [-0.2, -0.15) is 20.0 Å². The summed E-state index contributed by atoms with van der Waals surface area (Å²) >= 11 is 7.00. The maximum Gasteiger partial charge on any atom is 0.407 e. The summed E-state index contributed by atoms with van der Waals surface area (Å²) < 4.78 is 6.23. The summed E-state index contributed by atoms with van der Waals surface area (Å²) in [5.41, 5.74) is 7.88. The molecule has 1 aromatic carbocycles. The van der Waals surface area contributed by atoms with Gasteiger partial charge < -0.3 is 36.4 Å². The second-order valence-electron chi connectivity index (χ2n) is 11.6. The summed E-state index contributed by atoms with van der Waals surface area (Å²) in [6.07, 6.45) is 4.05. The average Bonchev–Trinajstić information content (AvgIpc) is 3.47. The molecule has 15 nitrogen and oxygen atoms in total. The molecule has 1 aliphatic heterocycles. The first-order chi connectivity index (χ1) is 22.2. The second-order valence-corrected chi connectivity index (χ2v) is 12.0. The molecule has 6 N–H and O–H groups in total. The van der Waals surface area contributed by atoms with Crippen LogP contribution in [0.2, 0.25) is 5.02 Å². The van der Waals surface area contributed by atoms with Gasteiger partial charge in [-0.05, 0) is 57.1 Å². The van der Waals surface area contributed by atoms with Crippen LogP contribution in [0.1, 0.15) is 50.3 Å². The number of aliphatic carboxylic acids is 1. The highest BCUT2D eigenvalue weighted by Crippen LogP contribution is 2.42. The third kappa shape index (κ3) is 6.71. The molecule has 5 rings (SSSR count). The van der Waals surface area contributed by atoms with Crippen molar-refractivity contribution in [3.05, 3.63) is 34.6 Å². The molecule has 2 aliphatic rings. The van der Waals surface area contributed by atoms with E-state index in [9.17, 15) is 25.2 Å². The van der Waals surface area contributed by atoms with E-state index in [1.807, 2.05) is 11.8 Å². The minimum atomic E-state index is -0.927. The van der Waals surface area contributed by atoms with Crippen LogP contribution >= 0.6 is 11.6 Å². The highest BCUT2D eigenvalue weighted by molar-refractivity contribution is 6.36. The predicted molar refractivity (Wildman–Crippen MR) is 170 cm³/mol. The number of nitrogens with two attached hydrogens (primary N) is 1. The van der Waals surface area contributed by atoms with Crippen molar-refractivity contribution in [3.8, 4) is 12.1 Å². The Labute approximate surface area is 270 Å². The van der Waals surface area contributed by atoms with Gasteiger partial charge in [0.1, 0.15) is 6.07 Å². The molecule has 1 saturated carbocycles. The standard InChI is InChI=1S/C30H36ClN11O4/c1-3-35-26-27-36-14-19(13-33)42(27)40-29(39-26)37-22-10-16(12-32)11-23(25(22)31)41-9-8-21(38-30(45)46-2)20(15-41)24(28(43)44)17-4-6-18(34)7-5-17/h10-11,14,17-18,20-21,24H,3-9,15,34H2,1-2H3,(H,38,45)(H,43,44)(H2,35,37,39,40)/t17?,18?,20-,21-,24?/m1/s1. The van der Waals surface area contributed by atoms with Crippen LogP contribution < -0.4 is 26.6 Å². The van der Waals surface area contributed by atoms with Crippen molar-refractivity contribution >= 4 is 52.5 Å². The van der Waals surface area contributed by atoms with E-state index in [1.54, 1.807) is 12.1 Å². The second kappa shape index (κ2) is 14.1. The van der Waals surface area contributed by atoms with Gasteiger partial charge in [0.05, 0.1) is 47.3 Å². The van der Waals surface area contributed by atoms with Gasteiger partial charge in [-0.1, -0.05) is 11.6 Å².